The summed E-state index contributed by atoms with van der Waals surface area (Å²) < 4.78 is 15.9. The number of thiocarbonyl (C=S) groups is 1. The van der Waals surface area contributed by atoms with Gasteiger partial charge in [0, 0.05) is 24.0 Å². The number of hydrogen-bond donors (Lipinski definition) is 2. The van der Waals surface area contributed by atoms with Crippen molar-refractivity contribution < 1.29 is 19.0 Å². The topological polar surface area (TPSA) is 72.1 Å². The fourth-order valence-corrected chi connectivity index (χ4v) is 3.02. The molecule has 0 bridgehead atoms. The quantitative estimate of drug-likeness (QED) is 0.432. The zero-order valence-electron chi connectivity index (χ0n) is 17.9. The van der Waals surface area contributed by atoms with Gasteiger partial charge in [0.05, 0.1) is 19.8 Å². The second kappa shape index (κ2) is 12.0. The Balaban J connectivity index is 1.87. The molecule has 0 saturated carbocycles. The van der Waals surface area contributed by atoms with Crippen LogP contribution in [0.4, 0.5) is 11.4 Å². The molecular weight excluding hydrogens is 402 g/mol. The van der Waals surface area contributed by atoms with Gasteiger partial charge in [0.2, 0.25) is 0 Å². The number of carbonyl (C=O) groups is 1. The lowest BCUT2D eigenvalue weighted by molar-refractivity contribution is 0.0466. The summed E-state index contributed by atoms with van der Waals surface area (Å²) in [5.74, 6) is 0.912. The predicted octanol–water partition coefficient (Wildman–Crippen LogP) is 4.01. The number of likely N-dealkylation sites (N-methyl/N-ethyl adjacent to an activating group) is 1. The van der Waals surface area contributed by atoms with Crippen molar-refractivity contribution in [3.63, 3.8) is 0 Å². The fraction of sp³-hybridized carbons (Fsp3) is 0.364. The van der Waals surface area contributed by atoms with Gasteiger partial charge >= 0.3 is 5.97 Å². The summed E-state index contributed by atoms with van der Waals surface area (Å²) in [5, 5.41) is 6.59. The van der Waals surface area contributed by atoms with E-state index in [9.17, 15) is 4.79 Å². The van der Waals surface area contributed by atoms with Crippen LogP contribution in [0.5, 0.6) is 11.5 Å². The van der Waals surface area contributed by atoms with E-state index in [1.807, 2.05) is 6.07 Å². The molecule has 8 heteroatoms. The number of benzene rings is 2. The van der Waals surface area contributed by atoms with E-state index in [4.69, 9.17) is 26.4 Å². The van der Waals surface area contributed by atoms with Crippen molar-refractivity contribution >= 4 is 34.7 Å². The smallest absolute Gasteiger partial charge is 0.338 e. The Kier molecular flexibility index (Phi) is 9.37. The Morgan fingerprint density at radius 3 is 2.13 bits per heavy atom. The minimum Gasteiger partial charge on any atom is -0.493 e. The number of ether oxygens (including phenoxy) is 3. The molecule has 0 aromatic heterocycles. The van der Waals surface area contributed by atoms with Gasteiger partial charge in [-0.1, -0.05) is 13.8 Å². The summed E-state index contributed by atoms with van der Waals surface area (Å²) in [6, 6.07) is 12.4. The van der Waals surface area contributed by atoms with E-state index in [2.05, 4.69) is 29.4 Å². The standard InChI is InChI=1S/C22H29N3O4S/c1-5-25(6-2)13-14-29-21(26)16-7-9-17(10-8-16)23-22(30)24-18-11-12-19(27-3)20(15-18)28-4/h7-12,15H,5-6,13-14H2,1-4H3,(H2,23,24,30). The van der Waals surface area contributed by atoms with E-state index in [1.165, 1.54) is 0 Å². The molecule has 0 heterocycles. The molecule has 0 fully saturated rings. The zero-order valence-corrected chi connectivity index (χ0v) is 18.7. The van der Waals surface area contributed by atoms with Crippen LogP contribution in [-0.2, 0) is 4.74 Å². The minimum absolute atomic E-state index is 0.334. The van der Waals surface area contributed by atoms with E-state index < -0.39 is 0 Å². The minimum atomic E-state index is -0.334. The van der Waals surface area contributed by atoms with E-state index in [1.54, 1.807) is 50.6 Å². The number of esters is 1. The average Bonchev–Trinajstić information content (AvgIpc) is 2.76. The van der Waals surface area contributed by atoms with E-state index >= 15 is 0 Å². The second-order valence-corrected chi connectivity index (χ2v) is 6.80. The van der Waals surface area contributed by atoms with Crippen molar-refractivity contribution in [3.8, 4) is 11.5 Å². The third-order valence-electron chi connectivity index (χ3n) is 4.55. The first kappa shape index (κ1) is 23.4. The van der Waals surface area contributed by atoms with Crippen LogP contribution in [-0.4, -0.2) is 56.4 Å². The van der Waals surface area contributed by atoms with Gasteiger partial charge in [0.25, 0.3) is 0 Å². The summed E-state index contributed by atoms with van der Waals surface area (Å²) >= 11 is 5.36. The van der Waals surface area contributed by atoms with Crippen LogP contribution in [0.15, 0.2) is 42.5 Å². The van der Waals surface area contributed by atoms with Crippen LogP contribution in [0.1, 0.15) is 24.2 Å². The third kappa shape index (κ3) is 6.89. The van der Waals surface area contributed by atoms with Gasteiger partial charge in [-0.25, -0.2) is 4.79 Å². The zero-order chi connectivity index (χ0) is 21.9. The summed E-state index contributed by atoms with van der Waals surface area (Å²) in [6.07, 6.45) is 0. The molecule has 2 N–H and O–H groups in total. The molecule has 162 valence electrons. The van der Waals surface area contributed by atoms with Gasteiger partial charge in [-0.05, 0) is 61.7 Å². The molecule has 0 spiro atoms. The largest absolute Gasteiger partial charge is 0.493 e. The van der Waals surface area contributed by atoms with Crippen molar-refractivity contribution in [2.45, 2.75) is 13.8 Å². The molecular formula is C22H29N3O4S. The number of hydrogen-bond acceptors (Lipinski definition) is 6. The Morgan fingerprint density at radius 1 is 0.933 bits per heavy atom. The van der Waals surface area contributed by atoms with E-state index in [0.29, 0.717) is 28.8 Å². The van der Waals surface area contributed by atoms with Gasteiger partial charge in [-0.2, -0.15) is 0 Å². The van der Waals surface area contributed by atoms with Gasteiger partial charge in [-0.15, -0.1) is 0 Å². The molecule has 0 radical (unpaired) electrons. The van der Waals surface area contributed by atoms with Crippen LogP contribution in [0.25, 0.3) is 0 Å². The number of nitrogens with zero attached hydrogens (tertiary/aromatic N) is 1. The highest BCUT2D eigenvalue weighted by Crippen LogP contribution is 2.29. The molecule has 7 nitrogen and oxygen atoms in total. The highest BCUT2D eigenvalue weighted by atomic mass is 32.1. The molecule has 2 rings (SSSR count). The normalized spacial score (nSPS) is 10.4. The number of anilines is 2. The van der Waals surface area contributed by atoms with E-state index in [-0.39, 0.29) is 5.97 Å². The fourth-order valence-electron chi connectivity index (χ4n) is 2.79. The number of nitrogens with one attached hydrogen (secondary N) is 2. The lowest BCUT2D eigenvalue weighted by atomic mass is 10.2. The van der Waals surface area contributed by atoms with Crippen molar-refractivity contribution in [1.29, 1.82) is 0 Å². The van der Waals surface area contributed by atoms with Crippen LogP contribution in [0, 0.1) is 0 Å². The molecule has 0 amide bonds. The van der Waals surface area contributed by atoms with Crippen molar-refractivity contribution in [2.24, 2.45) is 0 Å². The summed E-state index contributed by atoms with van der Waals surface area (Å²) in [5.41, 5.74) is 2.02. The maximum absolute atomic E-state index is 12.2. The predicted molar refractivity (Wildman–Crippen MR) is 124 cm³/mol. The third-order valence-corrected chi connectivity index (χ3v) is 4.76. The van der Waals surface area contributed by atoms with Gasteiger partial charge in [0.1, 0.15) is 6.61 Å². The van der Waals surface area contributed by atoms with Crippen LogP contribution in [0.2, 0.25) is 0 Å². The Labute approximate surface area is 183 Å². The average molecular weight is 432 g/mol. The number of rotatable bonds is 10. The monoisotopic (exact) mass is 431 g/mol. The molecule has 2 aromatic carbocycles. The Hall–Kier alpha value is -2.84. The Bertz CT molecular complexity index is 839. The molecule has 0 aliphatic rings. The van der Waals surface area contributed by atoms with Crippen molar-refractivity contribution in [1.82, 2.24) is 4.90 Å². The maximum atomic E-state index is 12.2. The number of carbonyl (C=O) groups excluding carboxylic acids is 1. The highest BCUT2D eigenvalue weighted by Gasteiger charge is 2.09. The van der Waals surface area contributed by atoms with Gasteiger partial charge < -0.3 is 29.7 Å². The van der Waals surface area contributed by atoms with Crippen molar-refractivity contribution in [2.75, 3.05) is 51.1 Å². The lowest BCUT2D eigenvalue weighted by Gasteiger charge is -2.17. The first-order valence-electron chi connectivity index (χ1n) is 9.80. The summed E-state index contributed by atoms with van der Waals surface area (Å²) in [7, 11) is 3.16. The van der Waals surface area contributed by atoms with Crippen molar-refractivity contribution in [3.05, 3.63) is 48.0 Å². The summed E-state index contributed by atoms with van der Waals surface area (Å²) in [6.45, 7) is 7.15. The van der Waals surface area contributed by atoms with E-state index in [0.717, 1.165) is 31.0 Å². The van der Waals surface area contributed by atoms with Crippen LogP contribution >= 0.6 is 12.2 Å². The highest BCUT2D eigenvalue weighted by molar-refractivity contribution is 7.80. The maximum Gasteiger partial charge on any atom is 0.338 e. The lowest BCUT2D eigenvalue weighted by Crippen LogP contribution is -2.27. The van der Waals surface area contributed by atoms with Gasteiger partial charge in [-0.3, -0.25) is 0 Å². The molecule has 2 aromatic rings. The molecule has 0 saturated heterocycles. The Morgan fingerprint density at radius 2 is 1.53 bits per heavy atom. The number of methoxy groups -OCH3 is 2. The molecule has 0 aliphatic heterocycles. The SMILES string of the molecule is CCN(CC)CCOC(=O)c1ccc(NC(=S)Nc2ccc(OC)c(OC)c2)cc1. The molecule has 30 heavy (non-hydrogen) atoms. The summed E-state index contributed by atoms with van der Waals surface area (Å²) in [4.78, 5) is 14.4. The second-order valence-electron chi connectivity index (χ2n) is 6.39. The first-order valence-corrected chi connectivity index (χ1v) is 10.2. The molecule has 0 atom stereocenters. The van der Waals surface area contributed by atoms with Gasteiger partial charge in [0.15, 0.2) is 16.6 Å². The molecule has 0 unspecified atom stereocenters. The first-order chi connectivity index (χ1) is 14.5. The molecule has 0 aliphatic carbocycles. The van der Waals surface area contributed by atoms with Crippen LogP contribution in [0.3, 0.4) is 0 Å². The van der Waals surface area contributed by atoms with Crippen LogP contribution < -0.4 is 20.1 Å².